The first-order valence-electron chi connectivity index (χ1n) is 4.97. The number of nitrogen functional groups attached to an aromatic ring is 1. The molecule has 0 unspecified atom stereocenters. The Morgan fingerprint density at radius 2 is 1.88 bits per heavy atom. The Bertz CT molecular complexity index is 415. The fourth-order valence-electron chi connectivity index (χ4n) is 1.18. The average molecular weight is 216 g/mol. The SMILES string of the molecule is C=Cc1cccc(N)ccccc1ONC. The second-order valence-corrected chi connectivity index (χ2v) is 3.07. The number of rotatable bonds is 3. The van der Waals surface area contributed by atoms with Gasteiger partial charge < -0.3 is 10.6 Å². The Kier molecular flexibility index (Phi) is 4.89. The molecule has 0 aliphatic heterocycles. The van der Waals surface area contributed by atoms with Crippen LogP contribution >= 0.6 is 0 Å². The van der Waals surface area contributed by atoms with E-state index in [1.165, 1.54) is 0 Å². The van der Waals surface area contributed by atoms with Gasteiger partial charge in [0.25, 0.3) is 0 Å². The molecule has 84 valence electrons. The van der Waals surface area contributed by atoms with E-state index < -0.39 is 0 Å². The molecule has 0 amide bonds. The third kappa shape index (κ3) is 3.63. The first kappa shape index (κ1) is 12.1. The Morgan fingerprint density at radius 3 is 2.56 bits per heavy atom. The van der Waals surface area contributed by atoms with Crippen molar-refractivity contribution in [1.82, 2.24) is 5.48 Å². The maximum Gasteiger partial charge on any atom is 0.154 e. The van der Waals surface area contributed by atoms with Gasteiger partial charge in [0.1, 0.15) is 0 Å². The zero-order chi connectivity index (χ0) is 11.8. The summed E-state index contributed by atoms with van der Waals surface area (Å²) in [6, 6.07) is 12.9. The molecule has 1 rings (SSSR count). The number of nitrogens with one attached hydrogen (secondary N) is 1. The van der Waals surface area contributed by atoms with Gasteiger partial charge in [-0.05, 0) is 18.2 Å². The third-order valence-electron chi connectivity index (χ3n) is 1.93. The van der Waals surface area contributed by atoms with E-state index in [9.17, 15) is 0 Å². The highest BCUT2D eigenvalue weighted by molar-refractivity contribution is 5.54. The number of nitrogens with two attached hydrogens (primary N) is 1. The van der Waals surface area contributed by atoms with E-state index in [0.717, 1.165) is 5.56 Å². The van der Waals surface area contributed by atoms with Crippen LogP contribution in [0.2, 0.25) is 0 Å². The molecule has 0 spiro atoms. The van der Waals surface area contributed by atoms with Crippen LogP contribution in [0.15, 0.2) is 49.0 Å². The maximum atomic E-state index is 5.71. The Balaban J connectivity index is 3.33. The van der Waals surface area contributed by atoms with Gasteiger partial charge in [0.2, 0.25) is 0 Å². The zero-order valence-corrected chi connectivity index (χ0v) is 9.31. The summed E-state index contributed by atoms with van der Waals surface area (Å²) in [6.07, 6.45) is 1.73. The van der Waals surface area contributed by atoms with E-state index in [4.69, 9.17) is 10.6 Å². The smallest absolute Gasteiger partial charge is 0.154 e. The predicted octanol–water partition coefficient (Wildman–Crippen LogP) is 2.55. The molecule has 0 fully saturated rings. The summed E-state index contributed by atoms with van der Waals surface area (Å²) in [5.41, 5.74) is 9.92. The van der Waals surface area contributed by atoms with Gasteiger partial charge in [-0.25, -0.2) is 0 Å². The second-order valence-electron chi connectivity index (χ2n) is 3.07. The zero-order valence-electron chi connectivity index (χ0n) is 9.31. The Labute approximate surface area is 95.8 Å². The lowest BCUT2D eigenvalue weighted by Crippen LogP contribution is -2.11. The van der Waals surface area contributed by atoms with Gasteiger partial charge in [0.05, 0.1) is 0 Å². The quantitative estimate of drug-likeness (QED) is 0.763. The molecule has 3 N–H and O–H groups in total. The molecule has 0 saturated carbocycles. The maximum absolute atomic E-state index is 5.71. The van der Waals surface area contributed by atoms with Gasteiger partial charge in [-0.2, -0.15) is 5.48 Å². The second kappa shape index (κ2) is 6.48. The van der Waals surface area contributed by atoms with Crippen LogP contribution in [0, 0.1) is 0 Å². The van der Waals surface area contributed by atoms with E-state index in [1.807, 2.05) is 42.5 Å². The molecule has 16 heavy (non-hydrogen) atoms. The molecule has 0 aliphatic rings. The van der Waals surface area contributed by atoms with Crippen LogP contribution in [-0.2, 0) is 0 Å². The first-order valence-corrected chi connectivity index (χ1v) is 4.97. The van der Waals surface area contributed by atoms with Crippen LogP contribution in [-0.4, -0.2) is 7.05 Å². The normalized spacial score (nSPS) is 9.06. The summed E-state index contributed by atoms with van der Waals surface area (Å²) >= 11 is 0. The van der Waals surface area contributed by atoms with Gasteiger partial charge in [-0.3, -0.25) is 0 Å². The highest BCUT2D eigenvalue weighted by Crippen LogP contribution is 2.15. The minimum absolute atomic E-state index is 0.697. The highest BCUT2D eigenvalue weighted by atomic mass is 16.6. The number of hydroxylamine groups is 1. The molecule has 3 heteroatoms. The van der Waals surface area contributed by atoms with E-state index in [2.05, 4.69) is 12.1 Å². The molecule has 1 aromatic carbocycles. The molecule has 0 bridgehead atoms. The highest BCUT2D eigenvalue weighted by Gasteiger charge is 1.94. The van der Waals surface area contributed by atoms with Crippen LogP contribution in [0.4, 0.5) is 5.69 Å². The Hall–Kier alpha value is -2.00. The molecule has 0 aromatic heterocycles. The van der Waals surface area contributed by atoms with Gasteiger partial charge in [0.15, 0.2) is 5.75 Å². The van der Waals surface area contributed by atoms with Crippen LogP contribution in [0.1, 0.15) is 5.56 Å². The van der Waals surface area contributed by atoms with Gasteiger partial charge in [0, 0.05) is 18.3 Å². The van der Waals surface area contributed by atoms with E-state index >= 15 is 0 Å². The molecule has 0 atom stereocenters. The van der Waals surface area contributed by atoms with Crippen LogP contribution in [0.3, 0.4) is 0 Å². The van der Waals surface area contributed by atoms with Crippen molar-refractivity contribution in [2.24, 2.45) is 0 Å². The molecule has 0 saturated heterocycles. The number of hydrogen-bond acceptors (Lipinski definition) is 3. The molecule has 3 nitrogen and oxygen atoms in total. The topological polar surface area (TPSA) is 47.3 Å². The molecular weight excluding hydrogens is 200 g/mol. The van der Waals surface area contributed by atoms with Crippen molar-refractivity contribution in [3.8, 4) is 5.75 Å². The largest absolute Gasteiger partial charge is 0.408 e. The number of hydrogen-bond donors (Lipinski definition) is 2. The lowest BCUT2D eigenvalue weighted by atomic mass is 10.2. The third-order valence-corrected chi connectivity index (χ3v) is 1.93. The predicted molar refractivity (Wildman–Crippen MR) is 68.3 cm³/mol. The van der Waals surface area contributed by atoms with Gasteiger partial charge in [-0.1, -0.05) is 36.9 Å². The van der Waals surface area contributed by atoms with Crippen LogP contribution in [0.25, 0.3) is 6.08 Å². The standard InChI is InChI=1S/C13H16N2O/c1-3-11-7-6-9-12(14)8-4-5-10-13(11)16-15-2/h3-10,15H,1,14H2,2H3. The summed E-state index contributed by atoms with van der Waals surface area (Å²) < 4.78 is 0. The van der Waals surface area contributed by atoms with E-state index in [-0.39, 0.29) is 0 Å². The molecule has 1 aromatic rings. The van der Waals surface area contributed by atoms with Crippen molar-refractivity contribution in [3.05, 3.63) is 54.6 Å². The Morgan fingerprint density at radius 1 is 1.19 bits per heavy atom. The summed E-state index contributed by atoms with van der Waals surface area (Å²) in [5.74, 6) is 0.701. The van der Waals surface area contributed by atoms with Gasteiger partial charge in [-0.15, -0.1) is 0 Å². The minimum Gasteiger partial charge on any atom is -0.408 e. The van der Waals surface area contributed by atoms with Crippen LogP contribution in [0.5, 0.6) is 5.75 Å². The fraction of sp³-hybridized carbons (Fsp3) is 0.0769. The van der Waals surface area contributed by atoms with Crippen LogP contribution < -0.4 is 16.1 Å². The number of anilines is 1. The molecule has 0 radical (unpaired) electrons. The summed E-state index contributed by atoms with van der Waals surface area (Å²) in [5, 5.41) is 0. The van der Waals surface area contributed by atoms with Crippen molar-refractivity contribution in [2.75, 3.05) is 12.8 Å². The van der Waals surface area contributed by atoms with Crippen molar-refractivity contribution < 1.29 is 4.84 Å². The van der Waals surface area contributed by atoms with Crippen molar-refractivity contribution in [3.63, 3.8) is 0 Å². The molecular formula is C13H16N2O. The first-order chi connectivity index (χ1) is 7.77. The molecule has 0 aliphatic carbocycles. The van der Waals surface area contributed by atoms with E-state index in [0.29, 0.717) is 11.4 Å². The summed E-state index contributed by atoms with van der Waals surface area (Å²) in [7, 11) is 1.71. The minimum atomic E-state index is 0.697. The van der Waals surface area contributed by atoms with Crippen molar-refractivity contribution in [2.45, 2.75) is 0 Å². The van der Waals surface area contributed by atoms with Gasteiger partial charge >= 0.3 is 0 Å². The fourth-order valence-corrected chi connectivity index (χ4v) is 1.18. The average Bonchev–Trinajstić information content (AvgIpc) is 2.29. The lowest BCUT2D eigenvalue weighted by Gasteiger charge is -2.03. The van der Waals surface area contributed by atoms with Crippen molar-refractivity contribution in [1.29, 1.82) is 0 Å². The lowest BCUT2D eigenvalue weighted by molar-refractivity contribution is 0.223. The summed E-state index contributed by atoms with van der Waals surface area (Å²) in [4.78, 5) is 5.28. The monoisotopic (exact) mass is 216 g/mol. The summed E-state index contributed by atoms with van der Waals surface area (Å²) in [6.45, 7) is 3.74. The van der Waals surface area contributed by atoms with Crippen molar-refractivity contribution >= 4 is 11.8 Å². The van der Waals surface area contributed by atoms with E-state index in [1.54, 1.807) is 13.1 Å². The molecule has 0 heterocycles.